The van der Waals surface area contributed by atoms with Crippen LogP contribution in [0, 0.1) is 21.4 Å². The Labute approximate surface area is 108 Å². The Balaban J connectivity index is 2.83. The highest BCUT2D eigenvalue weighted by molar-refractivity contribution is 8.00. The average molecular weight is 287 g/mol. The summed E-state index contributed by atoms with van der Waals surface area (Å²) in [5.41, 5.74) is -0.325. The van der Waals surface area contributed by atoms with E-state index < -0.39 is 14.9 Å². The van der Waals surface area contributed by atoms with Gasteiger partial charge in [-0.05, 0) is 12.1 Å². The highest BCUT2D eigenvalue weighted by atomic mass is 32.2. The zero-order chi connectivity index (χ0) is 13.8. The van der Waals surface area contributed by atoms with Crippen molar-refractivity contribution in [3.63, 3.8) is 0 Å². The Morgan fingerprint density at radius 1 is 1.50 bits per heavy atom. The van der Waals surface area contributed by atoms with Gasteiger partial charge >= 0.3 is 0 Å². The molecule has 9 heteroatoms. The van der Waals surface area contributed by atoms with Crippen LogP contribution in [0.2, 0.25) is 0 Å². The van der Waals surface area contributed by atoms with Crippen LogP contribution in [0.4, 0.5) is 5.69 Å². The third-order valence-electron chi connectivity index (χ3n) is 1.92. The van der Waals surface area contributed by atoms with E-state index in [1.807, 2.05) is 0 Å². The summed E-state index contributed by atoms with van der Waals surface area (Å²) in [6.07, 6.45) is 0. The van der Waals surface area contributed by atoms with E-state index in [0.29, 0.717) is 4.90 Å². The number of nitriles is 1. The summed E-state index contributed by atoms with van der Waals surface area (Å²) in [6, 6.07) is 5.82. The Morgan fingerprint density at radius 3 is 2.67 bits per heavy atom. The van der Waals surface area contributed by atoms with Gasteiger partial charge in [0.2, 0.25) is 10.0 Å². The predicted octanol–water partition coefficient (Wildman–Crippen LogP) is 0.847. The maximum atomic E-state index is 10.7. The van der Waals surface area contributed by atoms with Gasteiger partial charge in [0, 0.05) is 16.7 Å². The lowest BCUT2D eigenvalue weighted by Gasteiger charge is -2.01. The molecule has 0 aromatic heterocycles. The number of nitro benzene ring substituents is 1. The van der Waals surface area contributed by atoms with Crippen molar-refractivity contribution in [2.45, 2.75) is 4.90 Å². The summed E-state index contributed by atoms with van der Waals surface area (Å²) in [7, 11) is -3.54. The van der Waals surface area contributed by atoms with Gasteiger partial charge < -0.3 is 0 Å². The first-order chi connectivity index (χ1) is 8.33. The molecule has 1 aromatic carbocycles. The Morgan fingerprint density at radius 2 is 2.17 bits per heavy atom. The standard InChI is InChI=1S/C9H9N3O4S2/c10-6-7-1-2-8(5-9(7)12(13)14)17-3-4-18(11,15)16/h1-2,5H,3-4H2,(H2,11,15,16). The minimum atomic E-state index is -3.54. The molecule has 0 saturated heterocycles. The van der Waals surface area contributed by atoms with Gasteiger partial charge in [0.1, 0.15) is 11.6 Å². The van der Waals surface area contributed by atoms with Crippen LogP contribution in [0.1, 0.15) is 5.56 Å². The van der Waals surface area contributed by atoms with Crippen LogP contribution < -0.4 is 5.14 Å². The molecule has 96 valence electrons. The molecular formula is C9H9N3O4S2. The fraction of sp³-hybridized carbons (Fsp3) is 0.222. The first-order valence-corrected chi connectivity index (χ1v) is 7.35. The Kier molecular flexibility index (Phi) is 4.66. The van der Waals surface area contributed by atoms with Crippen molar-refractivity contribution in [3.8, 4) is 6.07 Å². The van der Waals surface area contributed by atoms with Crippen molar-refractivity contribution in [1.82, 2.24) is 0 Å². The van der Waals surface area contributed by atoms with Crippen LogP contribution in [-0.2, 0) is 10.0 Å². The quantitative estimate of drug-likeness (QED) is 0.485. The molecule has 0 heterocycles. The van der Waals surface area contributed by atoms with E-state index in [1.165, 1.54) is 18.2 Å². The largest absolute Gasteiger partial charge is 0.288 e. The molecule has 0 bridgehead atoms. The maximum absolute atomic E-state index is 10.7. The van der Waals surface area contributed by atoms with Gasteiger partial charge in [-0.1, -0.05) is 0 Å². The highest BCUT2D eigenvalue weighted by Crippen LogP contribution is 2.26. The summed E-state index contributed by atoms with van der Waals surface area (Å²) >= 11 is 1.13. The monoisotopic (exact) mass is 287 g/mol. The summed E-state index contributed by atoms with van der Waals surface area (Å²) < 4.78 is 21.4. The van der Waals surface area contributed by atoms with Crippen LogP contribution in [0.3, 0.4) is 0 Å². The molecule has 1 rings (SSSR count). The molecule has 0 atom stereocenters. The van der Waals surface area contributed by atoms with Crippen molar-refractivity contribution in [1.29, 1.82) is 5.26 Å². The molecule has 18 heavy (non-hydrogen) atoms. The van der Waals surface area contributed by atoms with Gasteiger partial charge in [-0.15, -0.1) is 11.8 Å². The lowest BCUT2D eigenvalue weighted by atomic mass is 10.2. The number of nitrogens with zero attached hydrogens (tertiary/aromatic N) is 2. The smallest absolute Gasteiger partial charge is 0.258 e. The van der Waals surface area contributed by atoms with Crippen molar-refractivity contribution >= 4 is 27.5 Å². The zero-order valence-corrected chi connectivity index (χ0v) is 10.7. The molecule has 2 N–H and O–H groups in total. The molecule has 7 nitrogen and oxygen atoms in total. The van der Waals surface area contributed by atoms with Gasteiger partial charge in [-0.25, -0.2) is 13.6 Å². The zero-order valence-electron chi connectivity index (χ0n) is 9.07. The molecule has 0 aliphatic heterocycles. The number of benzene rings is 1. The van der Waals surface area contributed by atoms with Crippen molar-refractivity contribution < 1.29 is 13.3 Å². The minimum absolute atomic E-state index is 0.0317. The molecule has 0 aliphatic carbocycles. The average Bonchev–Trinajstić information content (AvgIpc) is 2.27. The Bertz CT molecular complexity index is 607. The number of nitro groups is 1. The first-order valence-electron chi connectivity index (χ1n) is 4.65. The van der Waals surface area contributed by atoms with Crippen molar-refractivity contribution in [2.75, 3.05) is 11.5 Å². The second-order valence-electron chi connectivity index (χ2n) is 3.26. The summed E-state index contributed by atoms with van der Waals surface area (Å²) in [5, 5.41) is 24.2. The summed E-state index contributed by atoms with van der Waals surface area (Å²) in [6.45, 7) is 0. The number of rotatable bonds is 5. The van der Waals surface area contributed by atoms with Gasteiger partial charge in [0.25, 0.3) is 5.69 Å². The van der Waals surface area contributed by atoms with E-state index >= 15 is 0 Å². The lowest BCUT2D eigenvalue weighted by Crippen LogP contribution is -2.17. The second kappa shape index (κ2) is 5.81. The number of sulfonamides is 1. The number of hydrogen-bond donors (Lipinski definition) is 1. The number of primary sulfonamides is 1. The van der Waals surface area contributed by atoms with E-state index in [4.69, 9.17) is 10.4 Å². The first kappa shape index (κ1) is 14.4. The van der Waals surface area contributed by atoms with E-state index in [1.54, 1.807) is 6.07 Å². The van der Waals surface area contributed by atoms with E-state index in [2.05, 4.69) is 0 Å². The minimum Gasteiger partial charge on any atom is -0.258 e. The molecule has 0 spiro atoms. The summed E-state index contributed by atoms with van der Waals surface area (Å²) in [4.78, 5) is 10.6. The van der Waals surface area contributed by atoms with Gasteiger partial charge in [0.05, 0.1) is 10.7 Å². The topological polar surface area (TPSA) is 127 Å². The van der Waals surface area contributed by atoms with E-state index in [0.717, 1.165) is 11.8 Å². The molecule has 0 amide bonds. The van der Waals surface area contributed by atoms with Gasteiger partial charge in [0.15, 0.2) is 0 Å². The SMILES string of the molecule is N#Cc1ccc(SCCS(N)(=O)=O)cc1[N+](=O)[O-]. The summed E-state index contributed by atoms with van der Waals surface area (Å²) in [5.74, 6) is -0.0205. The molecule has 0 aliphatic rings. The van der Waals surface area contributed by atoms with Crippen molar-refractivity contribution in [3.05, 3.63) is 33.9 Å². The van der Waals surface area contributed by atoms with E-state index in [9.17, 15) is 18.5 Å². The van der Waals surface area contributed by atoms with Crippen LogP contribution in [0.15, 0.2) is 23.1 Å². The second-order valence-corrected chi connectivity index (χ2v) is 6.17. The predicted molar refractivity (Wildman–Crippen MR) is 66.5 cm³/mol. The van der Waals surface area contributed by atoms with E-state index in [-0.39, 0.29) is 22.8 Å². The van der Waals surface area contributed by atoms with Crippen LogP contribution >= 0.6 is 11.8 Å². The molecule has 0 saturated carbocycles. The normalized spacial score (nSPS) is 10.9. The van der Waals surface area contributed by atoms with Gasteiger partial charge in [-0.3, -0.25) is 10.1 Å². The van der Waals surface area contributed by atoms with Crippen molar-refractivity contribution in [2.24, 2.45) is 5.14 Å². The van der Waals surface area contributed by atoms with Crippen LogP contribution in [-0.4, -0.2) is 24.8 Å². The van der Waals surface area contributed by atoms with Crippen LogP contribution in [0.25, 0.3) is 0 Å². The molecule has 1 aromatic rings. The fourth-order valence-corrected chi connectivity index (χ4v) is 2.98. The molecular weight excluding hydrogens is 278 g/mol. The Hall–Kier alpha value is -1.63. The molecule has 0 unspecified atom stereocenters. The third kappa shape index (κ3) is 4.33. The van der Waals surface area contributed by atoms with Crippen LogP contribution in [0.5, 0.6) is 0 Å². The highest BCUT2D eigenvalue weighted by Gasteiger charge is 2.14. The lowest BCUT2D eigenvalue weighted by molar-refractivity contribution is -0.385. The number of hydrogen-bond acceptors (Lipinski definition) is 6. The molecule has 0 fully saturated rings. The van der Waals surface area contributed by atoms with Gasteiger partial charge in [-0.2, -0.15) is 5.26 Å². The number of nitrogens with two attached hydrogens (primary N) is 1. The number of thioether (sulfide) groups is 1. The fourth-order valence-electron chi connectivity index (χ4n) is 1.12. The maximum Gasteiger partial charge on any atom is 0.288 e. The third-order valence-corrected chi connectivity index (χ3v) is 3.95. The molecule has 0 radical (unpaired) electrons.